The molecule has 0 saturated carbocycles. The van der Waals surface area contributed by atoms with Gasteiger partial charge < -0.3 is 10.2 Å². The Kier molecular flexibility index (Phi) is 4.93. The first-order valence-electron chi connectivity index (χ1n) is 9.15. The molecule has 1 saturated heterocycles. The maximum atomic E-state index is 4.26. The average molecular weight is 348 g/mol. The van der Waals surface area contributed by atoms with E-state index in [1.807, 2.05) is 18.3 Å². The number of aryl methyl sites for hydroxylation is 1. The second-order valence-electron chi connectivity index (χ2n) is 6.84. The van der Waals surface area contributed by atoms with Crippen LogP contribution in [0.4, 0.5) is 5.82 Å². The van der Waals surface area contributed by atoms with Gasteiger partial charge in [0.1, 0.15) is 0 Å². The minimum atomic E-state index is 0.460. The van der Waals surface area contributed by atoms with E-state index in [-0.39, 0.29) is 0 Å². The first-order valence-corrected chi connectivity index (χ1v) is 9.15. The Morgan fingerprint density at radius 3 is 2.92 bits per heavy atom. The van der Waals surface area contributed by atoms with Crippen LogP contribution in [-0.4, -0.2) is 39.5 Å². The fourth-order valence-corrected chi connectivity index (χ4v) is 3.58. The largest absolute Gasteiger partial charge is 0.351 e. The highest BCUT2D eigenvalue weighted by atomic mass is 15.3. The summed E-state index contributed by atoms with van der Waals surface area (Å²) in [4.78, 5) is 2.36. The topological polar surface area (TPSA) is 69.7 Å². The lowest BCUT2D eigenvalue weighted by molar-refractivity contribution is 0.570. The highest BCUT2D eigenvalue weighted by Gasteiger charge is 2.25. The lowest BCUT2D eigenvalue weighted by Crippen LogP contribution is -2.38. The molecule has 6 heteroatoms. The number of aromatic nitrogens is 4. The Balaban J connectivity index is 1.38. The van der Waals surface area contributed by atoms with Crippen molar-refractivity contribution in [3.05, 3.63) is 59.9 Å². The molecule has 4 rings (SSSR count). The SMILES string of the molecule is Cc1ccc(-c2[nH]ncc2CNCC2CCCN2c2cccnn2)cc1. The first-order chi connectivity index (χ1) is 12.8. The number of hydrogen-bond donors (Lipinski definition) is 2. The zero-order valence-corrected chi connectivity index (χ0v) is 15.0. The third-order valence-corrected chi connectivity index (χ3v) is 4.98. The molecule has 3 aromatic rings. The van der Waals surface area contributed by atoms with Gasteiger partial charge in [-0.15, -0.1) is 5.10 Å². The van der Waals surface area contributed by atoms with Crippen molar-refractivity contribution in [2.45, 2.75) is 32.4 Å². The Labute approximate surface area is 153 Å². The van der Waals surface area contributed by atoms with Gasteiger partial charge in [-0.25, -0.2) is 0 Å². The number of nitrogens with one attached hydrogen (secondary N) is 2. The molecule has 1 aliphatic heterocycles. The molecular weight excluding hydrogens is 324 g/mol. The number of anilines is 1. The molecule has 0 aliphatic carbocycles. The third-order valence-electron chi connectivity index (χ3n) is 4.98. The molecule has 26 heavy (non-hydrogen) atoms. The van der Waals surface area contributed by atoms with Crippen LogP contribution < -0.4 is 10.2 Å². The van der Waals surface area contributed by atoms with Gasteiger partial charge in [-0.3, -0.25) is 5.10 Å². The first kappa shape index (κ1) is 16.7. The fourth-order valence-electron chi connectivity index (χ4n) is 3.58. The summed E-state index contributed by atoms with van der Waals surface area (Å²) < 4.78 is 0. The highest BCUT2D eigenvalue weighted by Crippen LogP contribution is 2.24. The highest BCUT2D eigenvalue weighted by molar-refractivity contribution is 5.62. The molecule has 1 fully saturated rings. The molecule has 1 aliphatic rings. The van der Waals surface area contributed by atoms with Gasteiger partial charge in [-0.1, -0.05) is 29.8 Å². The van der Waals surface area contributed by atoms with Crippen molar-refractivity contribution < 1.29 is 0 Å². The molecule has 2 N–H and O–H groups in total. The predicted molar refractivity (Wildman–Crippen MR) is 103 cm³/mol. The predicted octanol–water partition coefficient (Wildman–Crippen LogP) is 2.93. The van der Waals surface area contributed by atoms with Crippen molar-refractivity contribution in [3.8, 4) is 11.3 Å². The second kappa shape index (κ2) is 7.66. The van der Waals surface area contributed by atoms with Crippen molar-refractivity contribution in [1.82, 2.24) is 25.7 Å². The zero-order valence-electron chi connectivity index (χ0n) is 15.0. The number of H-pyrrole nitrogens is 1. The van der Waals surface area contributed by atoms with Crippen molar-refractivity contribution in [2.24, 2.45) is 0 Å². The minimum Gasteiger partial charge on any atom is -0.351 e. The van der Waals surface area contributed by atoms with E-state index in [4.69, 9.17) is 0 Å². The summed E-state index contributed by atoms with van der Waals surface area (Å²) in [6, 6.07) is 13.0. The maximum Gasteiger partial charge on any atom is 0.151 e. The van der Waals surface area contributed by atoms with Crippen LogP contribution in [0.5, 0.6) is 0 Å². The Bertz CT molecular complexity index is 827. The molecular formula is C20H24N6. The van der Waals surface area contributed by atoms with Gasteiger partial charge in [0, 0.05) is 37.4 Å². The van der Waals surface area contributed by atoms with Crippen LogP contribution >= 0.6 is 0 Å². The van der Waals surface area contributed by atoms with Gasteiger partial charge in [0.05, 0.1) is 11.9 Å². The van der Waals surface area contributed by atoms with E-state index in [0.717, 1.165) is 31.1 Å². The van der Waals surface area contributed by atoms with Gasteiger partial charge in [0.25, 0.3) is 0 Å². The van der Waals surface area contributed by atoms with Crippen LogP contribution in [0.3, 0.4) is 0 Å². The number of aromatic amines is 1. The second-order valence-corrected chi connectivity index (χ2v) is 6.84. The van der Waals surface area contributed by atoms with Gasteiger partial charge in [0.2, 0.25) is 0 Å². The summed E-state index contributed by atoms with van der Waals surface area (Å²) in [7, 11) is 0. The molecule has 134 valence electrons. The van der Waals surface area contributed by atoms with Crippen LogP contribution in [0.1, 0.15) is 24.0 Å². The number of nitrogens with zero attached hydrogens (tertiary/aromatic N) is 4. The third kappa shape index (κ3) is 3.60. The molecule has 2 aromatic heterocycles. The van der Waals surface area contributed by atoms with Gasteiger partial charge >= 0.3 is 0 Å². The maximum absolute atomic E-state index is 4.26. The van der Waals surface area contributed by atoms with Crippen molar-refractivity contribution >= 4 is 5.82 Å². The van der Waals surface area contributed by atoms with Crippen molar-refractivity contribution in [1.29, 1.82) is 0 Å². The normalized spacial score (nSPS) is 17.0. The summed E-state index contributed by atoms with van der Waals surface area (Å²) in [5.41, 5.74) is 4.72. The monoisotopic (exact) mass is 348 g/mol. The van der Waals surface area contributed by atoms with E-state index in [1.165, 1.54) is 29.5 Å². The van der Waals surface area contributed by atoms with Gasteiger partial charge in [0.15, 0.2) is 5.82 Å². The number of rotatable bonds is 6. The van der Waals surface area contributed by atoms with Crippen LogP contribution in [0.2, 0.25) is 0 Å². The van der Waals surface area contributed by atoms with Crippen LogP contribution in [-0.2, 0) is 6.54 Å². The molecule has 0 spiro atoms. The summed E-state index contributed by atoms with van der Waals surface area (Å²) >= 11 is 0. The quantitative estimate of drug-likeness (QED) is 0.717. The van der Waals surface area contributed by atoms with Gasteiger partial charge in [-0.2, -0.15) is 10.2 Å². The average Bonchev–Trinajstić information content (AvgIpc) is 3.33. The molecule has 6 nitrogen and oxygen atoms in total. The van der Waals surface area contributed by atoms with E-state index in [2.05, 4.69) is 61.8 Å². The molecule has 1 unspecified atom stereocenters. The molecule has 0 radical (unpaired) electrons. The van der Waals surface area contributed by atoms with E-state index < -0.39 is 0 Å². The number of benzene rings is 1. The summed E-state index contributed by atoms with van der Waals surface area (Å²) in [5.74, 6) is 0.973. The minimum absolute atomic E-state index is 0.460. The van der Waals surface area contributed by atoms with E-state index in [0.29, 0.717) is 6.04 Å². The standard InChI is InChI=1S/C20H24N6/c1-15-6-8-16(9-7-15)20-17(13-23-25-20)12-21-14-18-4-3-11-26(18)19-5-2-10-22-24-19/h2,5-10,13,18,21H,3-4,11-12,14H2,1H3,(H,23,25). The Morgan fingerprint density at radius 1 is 1.23 bits per heavy atom. The van der Waals surface area contributed by atoms with Crippen LogP contribution in [0.15, 0.2) is 48.8 Å². The molecule has 0 bridgehead atoms. The van der Waals surface area contributed by atoms with E-state index in [9.17, 15) is 0 Å². The summed E-state index contributed by atoms with van der Waals surface area (Å²) in [6.45, 7) is 4.87. The van der Waals surface area contributed by atoms with Crippen LogP contribution in [0.25, 0.3) is 11.3 Å². The summed E-state index contributed by atoms with van der Waals surface area (Å²) in [6.07, 6.45) is 6.01. The van der Waals surface area contributed by atoms with Gasteiger partial charge in [-0.05, 0) is 37.5 Å². The smallest absolute Gasteiger partial charge is 0.151 e. The molecule has 3 heterocycles. The molecule has 1 atom stereocenters. The Hall–Kier alpha value is -2.73. The van der Waals surface area contributed by atoms with E-state index in [1.54, 1.807) is 6.20 Å². The fraction of sp³-hybridized carbons (Fsp3) is 0.350. The van der Waals surface area contributed by atoms with Crippen LogP contribution in [0, 0.1) is 6.92 Å². The van der Waals surface area contributed by atoms with E-state index >= 15 is 0 Å². The van der Waals surface area contributed by atoms with Crippen molar-refractivity contribution in [2.75, 3.05) is 18.0 Å². The summed E-state index contributed by atoms with van der Waals surface area (Å²) in [5, 5.41) is 19.3. The lowest BCUT2D eigenvalue weighted by Gasteiger charge is -2.25. The molecule has 0 amide bonds. The number of hydrogen-bond acceptors (Lipinski definition) is 5. The lowest BCUT2D eigenvalue weighted by atomic mass is 10.1. The van der Waals surface area contributed by atoms with Crippen molar-refractivity contribution in [3.63, 3.8) is 0 Å². The zero-order chi connectivity index (χ0) is 17.8. The molecule has 1 aromatic carbocycles. The Morgan fingerprint density at radius 2 is 2.12 bits per heavy atom.